The molecule has 7 heteroatoms. The number of piperidine rings is 1. The quantitative estimate of drug-likeness (QED) is 0.759. The molecule has 134 valence electrons. The molecule has 23 heavy (non-hydrogen) atoms. The molecule has 6 nitrogen and oxygen atoms in total. The van der Waals surface area contributed by atoms with Crippen LogP contribution in [0.25, 0.3) is 0 Å². The summed E-state index contributed by atoms with van der Waals surface area (Å²) >= 11 is 0. The Balaban J connectivity index is 0.00000264. The molecular weight excluding hydrogens is 316 g/mol. The fraction of sp³-hybridized carbons (Fsp3) is 0.875. The lowest BCUT2D eigenvalue weighted by Gasteiger charge is -2.34. The lowest BCUT2D eigenvalue weighted by atomic mass is 10.0. The molecule has 0 bridgehead atoms. The van der Waals surface area contributed by atoms with Gasteiger partial charge in [0, 0.05) is 57.6 Å². The zero-order chi connectivity index (χ0) is 15.9. The Morgan fingerprint density at radius 1 is 1.22 bits per heavy atom. The molecule has 2 N–H and O–H groups in total. The van der Waals surface area contributed by atoms with Crippen molar-refractivity contribution in [3.63, 3.8) is 0 Å². The zero-order valence-corrected chi connectivity index (χ0v) is 15.2. The fourth-order valence-corrected chi connectivity index (χ4v) is 3.07. The Morgan fingerprint density at radius 2 is 1.91 bits per heavy atom. The van der Waals surface area contributed by atoms with Crippen molar-refractivity contribution in [2.24, 2.45) is 5.92 Å². The van der Waals surface area contributed by atoms with Crippen LogP contribution in [0.1, 0.15) is 33.1 Å². The van der Waals surface area contributed by atoms with E-state index in [1.54, 1.807) is 0 Å². The molecule has 0 spiro atoms. The smallest absolute Gasteiger partial charge is 0.223 e. The molecule has 2 aliphatic heterocycles. The van der Waals surface area contributed by atoms with Crippen molar-refractivity contribution < 1.29 is 9.59 Å². The van der Waals surface area contributed by atoms with E-state index in [9.17, 15) is 9.59 Å². The third-order valence-electron chi connectivity index (χ3n) is 4.49. The number of carbonyl (C=O) groups excluding carboxylic acids is 2. The maximum absolute atomic E-state index is 12.2. The Bertz CT molecular complexity index is 386. The predicted molar refractivity (Wildman–Crippen MR) is 93.8 cm³/mol. The van der Waals surface area contributed by atoms with E-state index in [2.05, 4.69) is 15.5 Å². The molecule has 0 aliphatic carbocycles. The number of carbonyl (C=O) groups is 2. The van der Waals surface area contributed by atoms with Gasteiger partial charge in [-0.25, -0.2) is 0 Å². The lowest BCUT2D eigenvalue weighted by Crippen LogP contribution is -2.50. The summed E-state index contributed by atoms with van der Waals surface area (Å²) in [5.41, 5.74) is 0. The Hall–Kier alpha value is -0.850. The molecule has 2 fully saturated rings. The van der Waals surface area contributed by atoms with Gasteiger partial charge in [-0.15, -0.1) is 12.4 Å². The fourth-order valence-electron chi connectivity index (χ4n) is 3.07. The van der Waals surface area contributed by atoms with Crippen LogP contribution in [0.15, 0.2) is 0 Å². The van der Waals surface area contributed by atoms with E-state index < -0.39 is 0 Å². The minimum atomic E-state index is 0. The highest BCUT2D eigenvalue weighted by atomic mass is 35.5. The molecule has 2 rings (SSSR count). The van der Waals surface area contributed by atoms with Crippen molar-refractivity contribution in [2.45, 2.75) is 39.2 Å². The molecule has 0 aromatic rings. The first-order valence-electron chi connectivity index (χ1n) is 8.57. The second-order valence-electron chi connectivity index (χ2n) is 6.68. The van der Waals surface area contributed by atoms with Crippen LogP contribution in [0.3, 0.4) is 0 Å². The van der Waals surface area contributed by atoms with Crippen LogP contribution in [-0.4, -0.2) is 73.5 Å². The average Bonchev–Trinajstić information content (AvgIpc) is 2.53. The standard InChI is InChI=1S/C16H30N4O2.ClH/c1-13(2)16(22)18-14-4-3-8-19(12-14)9-5-15(21)20-10-6-17-7-11-20;/h13-14,17H,3-12H2,1-2H3,(H,18,22);1H. The number of hydrogen-bond acceptors (Lipinski definition) is 4. The SMILES string of the molecule is CC(C)C(=O)NC1CCCN(CCC(=O)N2CCNCC2)C1.Cl. The molecule has 2 heterocycles. The molecule has 0 saturated carbocycles. The van der Waals surface area contributed by atoms with Crippen molar-refractivity contribution in [1.82, 2.24) is 20.4 Å². The van der Waals surface area contributed by atoms with Gasteiger partial charge in [0.25, 0.3) is 0 Å². The Labute approximate surface area is 145 Å². The van der Waals surface area contributed by atoms with Gasteiger partial charge in [0.15, 0.2) is 0 Å². The normalized spacial score (nSPS) is 22.6. The first-order chi connectivity index (χ1) is 10.6. The summed E-state index contributed by atoms with van der Waals surface area (Å²) < 4.78 is 0. The van der Waals surface area contributed by atoms with Crippen molar-refractivity contribution in [3.05, 3.63) is 0 Å². The molecule has 2 saturated heterocycles. The van der Waals surface area contributed by atoms with Crippen LogP contribution < -0.4 is 10.6 Å². The van der Waals surface area contributed by atoms with Crippen LogP contribution in [0.5, 0.6) is 0 Å². The van der Waals surface area contributed by atoms with E-state index >= 15 is 0 Å². The Morgan fingerprint density at radius 3 is 2.57 bits per heavy atom. The number of rotatable bonds is 5. The summed E-state index contributed by atoms with van der Waals surface area (Å²) in [4.78, 5) is 28.3. The lowest BCUT2D eigenvalue weighted by molar-refractivity contribution is -0.132. The highest BCUT2D eigenvalue weighted by molar-refractivity contribution is 5.85. The van der Waals surface area contributed by atoms with Crippen molar-refractivity contribution in [2.75, 3.05) is 45.8 Å². The van der Waals surface area contributed by atoms with E-state index in [4.69, 9.17) is 0 Å². The highest BCUT2D eigenvalue weighted by Crippen LogP contribution is 2.12. The maximum Gasteiger partial charge on any atom is 0.223 e. The first-order valence-corrected chi connectivity index (χ1v) is 8.57. The summed E-state index contributed by atoms with van der Waals surface area (Å²) in [6, 6.07) is 0.234. The van der Waals surface area contributed by atoms with Gasteiger partial charge >= 0.3 is 0 Å². The van der Waals surface area contributed by atoms with Crippen molar-refractivity contribution >= 4 is 24.2 Å². The van der Waals surface area contributed by atoms with Gasteiger partial charge in [-0.1, -0.05) is 13.8 Å². The summed E-state index contributed by atoms with van der Waals surface area (Å²) in [7, 11) is 0. The second-order valence-corrected chi connectivity index (χ2v) is 6.68. The summed E-state index contributed by atoms with van der Waals surface area (Å²) in [6.45, 7) is 9.99. The molecule has 2 aliphatic rings. The molecular formula is C16H31ClN4O2. The predicted octanol–water partition coefficient (Wildman–Crippen LogP) is 0.467. The van der Waals surface area contributed by atoms with Gasteiger partial charge in [0.05, 0.1) is 0 Å². The molecule has 0 aromatic carbocycles. The molecule has 0 radical (unpaired) electrons. The number of amides is 2. The van der Waals surface area contributed by atoms with Crippen LogP contribution in [-0.2, 0) is 9.59 Å². The zero-order valence-electron chi connectivity index (χ0n) is 14.3. The summed E-state index contributed by atoms with van der Waals surface area (Å²) in [6.07, 6.45) is 2.72. The van der Waals surface area contributed by atoms with Gasteiger partial charge in [0.2, 0.25) is 11.8 Å². The third kappa shape index (κ3) is 6.65. The first kappa shape index (κ1) is 20.2. The molecule has 1 atom stereocenters. The van der Waals surface area contributed by atoms with E-state index in [-0.39, 0.29) is 36.2 Å². The minimum Gasteiger partial charge on any atom is -0.352 e. The van der Waals surface area contributed by atoms with E-state index in [1.165, 1.54) is 0 Å². The average molecular weight is 347 g/mol. The molecule has 0 aromatic heterocycles. The van der Waals surface area contributed by atoms with Crippen LogP contribution in [0.4, 0.5) is 0 Å². The van der Waals surface area contributed by atoms with E-state index in [0.29, 0.717) is 6.42 Å². The summed E-state index contributed by atoms with van der Waals surface area (Å²) in [5, 5.41) is 6.38. The maximum atomic E-state index is 12.2. The van der Waals surface area contributed by atoms with E-state index in [1.807, 2.05) is 18.7 Å². The third-order valence-corrected chi connectivity index (χ3v) is 4.49. The van der Waals surface area contributed by atoms with Gasteiger partial charge in [-0.2, -0.15) is 0 Å². The highest BCUT2D eigenvalue weighted by Gasteiger charge is 2.23. The van der Waals surface area contributed by atoms with Gasteiger partial charge in [-0.3, -0.25) is 9.59 Å². The number of halogens is 1. The van der Waals surface area contributed by atoms with Gasteiger partial charge < -0.3 is 20.4 Å². The van der Waals surface area contributed by atoms with Crippen LogP contribution in [0.2, 0.25) is 0 Å². The topological polar surface area (TPSA) is 64.7 Å². The van der Waals surface area contributed by atoms with Crippen molar-refractivity contribution in [3.8, 4) is 0 Å². The largest absolute Gasteiger partial charge is 0.352 e. The van der Waals surface area contributed by atoms with E-state index in [0.717, 1.165) is 58.7 Å². The number of nitrogens with zero attached hydrogens (tertiary/aromatic N) is 2. The summed E-state index contributed by atoms with van der Waals surface area (Å²) in [5.74, 6) is 0.420. The Kier molecular flexibility index (Phi) is 8.87. The number of nitrogens with one attached hydrogen (secondary N) is 2. The number of piperazine rings is 1. The minimum absolute atomic E-state index is 0. The van der Waals surface area contributed by atoms with Crippen molar-refractivity contribution in [1.29, 1.82) is 0 Å². The number of likely N-dealkylation sites (tertiary alicyclic amines) is 1. The monoisotopic (exact) mass is 346 g/mol. The molecule has 1 unspecified atom stereocenters. The van der Waals surface area contributed by atoms with Crippen LogP contribution >= 0.6 is 12.4 Å². The molecule has 2 amide bonds. The second kappa shape index (κ2) is 10.1. The van der Waals surface area contributed by atoms with Crippen LogP contribution in [0, 0.1) is 5.92 Å². The van der Waals surface area contributed by atoms with Gasteiger partial charge in [-0.05, 0) is 19.4 Å². The number of hydrogen-bond donors (Lipinski definition) is 2. The van der Waals surface area contributed by atoms with Gasteiger partial charge in [0.1, 0.15) is 0 Å².